The molecule has 0 atom stereocenters. The molecule has 0 saturated carbocycles. The van der Waals surface area contributed by atoms with Crippen molar-refractivity contribution in [1.29, 1.82) is 0 Å². The van der Waals surface area contributed by atoms with Crippen LogP contribution in [0.1, 0.15) is 26.3 Å². The quantitative estimate of drug-likeness (QED) is 0.570. The molecule has 4 nitrogen and oxygen atoms in total. The molecule has 0 unspecified atom stereocenters. The number of aliphatic imine (C=N–C) groups is 1. The molecule has 1 rings (SSSR count). The molecule has 0 bridgehead atoms. The molecule has 5 heteroatoms. The first-order chi connectivity index (χ1) is 10.5. The lowest BCUT2D eigenvalue weighted by molar-refractivity contribution is 0.414. The zero-order valence-corrected chi connectivity index (χ0v) is 15.2. The van der Waals surface area contributed by atoms with Gasteiger partial charge in [-0.25, -0.2) is 0 Å². The van der Waals surface area contributed by atoms with Crippen LogP contribution in [0.3, 0.4) is 0 Å². The standard InChI is InChI=1S/C17H29N3OS/c1-6-18-16(20-13-17(2,3)22-5)19-12-11-14-7-9-15(21-4)10-8-14/h7-10H,6,11-13H2,1-5H3,(H2,18,19,20). The highest BCUT2D eigenvalue weighted by molar-refractivity contribution is 7.99. The zero-order chi connectivity index (χ0) is 16.4. The number of rotatable bonds is 8. The molecule has 0 saturated heterocycles. The minimum atomic E-state index is 0.165. The van der Waals surface area contributed by atoms with Crippen molar-refractivity contribution in [2.24, 2.45) is 4.99 Å². The minimum absolute atomic E-state index is 0.165. The van der Waals surface area contributed by atoms with E-state index in [0.29, 0.717) is 0 Å². The van der Waals surface area contributed by atoms with E-state index in [-0.39, 0.29) is 4.75 Å². The van der Waals surface area contributed by atoms with Crippen molar-refractivity contribution < 1.29 is 4.74 Å². The number of methoxy groups -OCH3 is 1. The van der Waals surface area contributed by atoms with Crippen LogP contribution in [0.4, 0.5) is 0 Å². The van der Waals surface area contributed by atoms with Gasteiger partial charge in [0, 0.05) is 17.8 Å². The van der Waals surface area contributed by atoms with Gasteiger partial charge < -0.3 is 15.4 Å². The first-order valence-electron chi connectivity index (χ1n) is 7.71. The molecule has 2 N–H and O–H groups in total. The Hall–Kier alpha value is -1.36. The van der Waals surface area contributed by atoms with Gasteiger partial charge >= 0.3 is 0 Å². The van der Waals surface area contributed by atoms with Crippen molar-refractivity contribution in [1.82, 2.24) is 10.6 Å². The van der Waals surface area contributed by atoms with E-state index in [4.69, 9.17) is 4.74 Å². The molecule has 1 aromatic rings. The van der Waals surface area contributed by atoms with Crippen LogP contribution < -0.4 is 15.4 Å². The molecule has 22 heavy (non-hydrogen) atoms. The monoisotopic (exact) mass is 323 g/mol. The van der Waals surface area contributed by atoms with Gasteiger partial charge in [0.15, 0.2) is 5.96 Å². The van der Waals surface area contributed by atoms with Gasteiger partial charge in [0.2, 0.25) is 0 Å². The number of hydrogen-bond acceptors (Lipinski definition) is 3. The summed E-state index contributed by atoms with van der Waals surface area (Å²) in [5, 5.41) is 6.69. The van der Waals surface area contributed by atoms with Gasteiger partial charge in [-0.2, -0.15) is 11.8 Å². The van der Waals surface area contributed by atoms with Crippen molar-refractivity contribution in [3.8, 4) is 5.75 Å². The van der Waals surface area contributed by atoms with Gasteiger partial charge in [0.1, 0.15) is 5.75 Å². The van der Waals surface area contributed by atoms with Crippen molar-refractivity contribution in [3.63, 3.8) is 0 Å². The van der Waals surface area contributed by atoms with Crippen molar-refractivity contribution in [3.05, 3.63) is 29.8 Å². The largest absolute Gasteiger partial charge is 0.497 e. The molecular weight excluding hydrogens is 294 g/mol. The molecule has 0 aromatic heterocycles. The van der Waals surface area contributed by atoms with Crippen LogP contribution in [0, 0.1) is 0 Å². The van der Waals surface area contributed by atoms with Crippen LogP contribution in [-0.4, -0.2) is 43.7 Å². The fourth-order valence-corrected chi connectivity index (χ4v) is 1.99. The molecule has 0 fully saturated rings. The van der Waals surface area contributed by atoms with Crippen LogP contribution in [0.2, 0.25) is 0 Å². The number of nitrogens with zero attached hydrogens (tertiary/aromatic N) is 1. The summed E-state index contributed by atoms with van der Waals surface area (Å²) in [5.74, 6) is 1.78. The third-order valence-corrected chi connectivity index (χ3v) is 4.61. The molecule has 0 radical (unpaired) electrons. The summed E-state index contributed by atoms with van der Waals surface area (Å²) in [7, 11) is 1.69. The number of ether oxygens (including phenoxy) is 1. The molecule has 0 aliphatic rings. The normalized spacial score (nSPS) is 12.1. The van der Waals surface area contributed by atoms with Crippen molar-refractivity contribution >= 4 is 17.7 Å². The Balaban J connectivity index is 2.47. The molecular formula is C17H29N3OS. The molecule has 0 aliphatic heterocycles. The van der Waals surface area contributed by atoms with Gasteiger partial charge in [0.05, 0.1) is 13.7 Å². The van der Waals surface area contributed by atoms with E-state index in [1.165, 1.54) is 5.56 Å². The van der Waals surface area contributed by atoms with E-state index in [2.05, 4.69) is 54.8 Å². The summed E-state index contributed by atoms with van der Waals surface area (Å²) in [6.45, 7) is 9.03. The van der Waals surface area contributed by atoms with Crippen LogP contribution >= 0.6 is 11.8 Å². The van der Waals surface area contributed by atoms with Gasteiger partial charge in [-0.3, -0.25) is 4.99 Å². The van der Waals surface area contributed by atoms with Crippen LogP contribution in [0.25, 0.3) is 0 Å². The highest BCUT2D eigenvalue weighted by atomic mass is 32.2. The van der Waals surface area contributed by atoms with Crippen LogP contribution in [0.5, 0.6) is 5.75 Å². The Morgan fingerprint density at radius 1 is 1.23 bits per heavy atom. The van der Waals surface area contributed by atoms with Crippen molar-refractivity contribution in [2.75, 3.05) is 33.0 Å². The Morgan fingerprint density at radius 2 is 1.91 bits per heavy atom. The second-order valence-corrected chi connectivity index (χ2v) is 7.20. The lowest BCUT2D eigenvalue weighted by atomic mass is 10.1. The van der Waals surface area contributed by atoms with Crippen molar-refractivity contribution in [2.45, 2.75) is 31.9 Å². The van der Waals surface area contributed by atoms with E-state index in [0.717, 1.165) is 37.8 Å². The zero-order valence-electron chi connectivity index (χ0n) is 14.4. The van der Waals surface area contributed by atoms with E-state index in [1.54, 1.807) is 7.11 Å². The molecule has 1 aromatic carbocycles. The Bertz CT molecular complexity index is 457. The van der Waals surface area contributed by atoms with Gasteiger partial charge in [-0.1, -0.05) is 12.1 Å². The van der Waals surface area contributed by atoms with E-state index >= 15 is 0 Å². The summed E-state index contributed by atoms with van der Waals surface area (Å²) < 4.78 is 5.34. The lowest BCUT2D eigenvalue weighted by Crippen LogP contribution is -2.39. The smallest absolute Gasteiger partial charge is 0.191 e. The van der Waals surface area contributed by atoms with E-state index in [1.807, 2.05) is 23.9 Å². The van der Waals surface area contributed by atoms with Crippen LogP contribution in [0.15, 0.2) is 29.3 Å². The fraction of sp³-hybridized carbons (Fsp3) is 0.588. The second kappa shape index (κ2) is 9.62. The molecule has 0 heterocycles. The van der Waals surface area contributed by atoms with E-state index in [9.17, 15) is 0 Å². The number of nitrogens with one attached hydrogen (secondary N) is 2. The predicted octanol–water partition coefficient (Wildman–Crippen LogP) is 2.93. The first-order valence-corrected chi connectivity index (χ1v) is 8.93. The fourth-order valence-electron chi connectivity index (χ4n) is 1.79. The molecule has 124 valence electrons. The van der Waals surface area contributed by atoms with Gasteiger partial charge in [0.25, 0.3) is 0 Å². The lowest BCUT2D eigenvalue weighted by Gasteiger charge is -2.20. The highest BCUT2D eigenvalue weighted by Crippen LogP contribution is 2.20. The molecule has 0 aliphatic carbocycles. The Morgan fingerprint density at radius 3 is 2.45 bits per heavy atom. The summed E-state index contributed by atoms with van der Waals surface area (Å²) >= 11 is 1.84. The maximum atomic E-state index is 5.17. The molecule has 0 amide bonds. The number of hydrogen-bond donors (Lipinski definition) is 2. The maximum absolute atomic E-state index is 5.17. The van der Waals surface area contributed by atoms with E-state index < -0.39 is 0 Å². The summed E-state index contributed by atoms with van der Waals surface area (Å²) in [6.07, 6.45) is 3.08. The number of thioether (sulfide) groups is 1. The van der Waals surface area contributed by atoms with Gasteiger partial charge in [-0.05, 0) is 51.1 Å². The topological polar surface area (TPSA) is 45.7 Å². The highest BCUT2D eigenvalue weighted by Gasteiger charge is 2.15. The summed E-state index contributed by atoms with van der Waals surface area (Å²) in [4.78, 5) is 4.67. The second-order valence-electron chi connectivity index (χ2n) is 5.68. The summed E-state index contributed by atoms with van der Waals surface area (Å²) in [6, 6.07) is 8.19. The predicted molar refractivity (Wildman–Crippen MR) is 98.3 cm³/mol. The Kier molecular flexibility index (Phi) is 8.17. The average molecular weight is 324 g/mol. The Labute approximate surface area is 139 Å². The van der Waals surface area contributed by atoms with Gasteiger partial charge in [-0.15, -0.1) is 0 Å². The minimum Gasteiger partial charge on any atom is -0.497 e. The number of benzene rings is 1. The summed E-state index contributed by atoms with van der Waals surface area (Å²) in [5.41, 5.74) is 1.29. The molecule has 0 spiro atoms. The van der Waals surface area contributed by atoms with Crippen LogP contribution in [-0.2, 0) is 6.42 Å². The average Bonchev–Trinajstić information content (AvgIpc) is 2.53. The SMILES string of the molecule is CCNC(=NCC(C)(C)SC)NCCc1ccc(OC)cc1. The number of guanidine groups is 1. The third kappa shape index (κ3) is 7.07. The third-order valence-electron chi connectivity index (χ3n) is 3.38. The maximum Gasteiger partial charge on any atom is 0.191 e. The first kappa shape index (κ1) is 18.7.